The van der Waals surface area contributed by atoms with Crippen LogP contribution in [0.5, 0.6) is 0 Å². The van der Waals surface area contributed by atoms with Crippen molar-refractivity contribution in [2.24, 2.45) is 5.41 Å². The first-order valence-electron chi connectivity index (χ1n) is 7.38. The van der Waals surface area contributed by atoms with Gasteiger partial charge in [0.05, 0.1) is 5.60 Å². The van der Waals surface area contributed by atoms with Crippen LogP contribution in [-0.2, 0) is 14.3 Å². The van der Waals surface area contributed by atoms with E-state index in [9.17, 15) is 9.59 Å². The average molecular weight is 284 g/mol. The van der Waals surface area contributed by atoms with Crippen molar-refractivity contribution in [2.75, 3.05) is 13.7 Å². The van der Waals surface area contributed by atoms with Crippen molar-refractivity contribution in [3.05, 3.63) is 0 Å². The predicted molar refractivity (Wildman–Crippen MR) is 78.3 cm³/mol. The summed E-state index contributed by atoms with van der Waals surface area (Å²) in [6.45, 7) is 8.82. The molecule has 1 rings (SSSR count). The van der Waals surface area contributed by atoms with E-state index >= 15 is 0 Å². The van der Waals surface area contributed by atoms with Crippen LogP contribution in [0.1, 0.15) is 53.4 Å². The molecule has 0 aromatic carbocycles. The highest BCUT2D eigenvalue weighted by Gasteiger charge is 2.58. The van der Waals surface area contributed by atoms with E-state index in [1.807, 2.05) is 6.92 Å². The molecular formula is C15H28N2O3. The Labute approximate surface area is 121 Å². The topological polar surface area (TPSA) is 67.4 Å². The quantitative estimate of drug-likeness (QED) is 0.746. The number of methoxy groups -OCH3 is 1. The second-order valence-corrected chi connectivity index (χ2v) is 6.29. The van der Waals surface area contributed by atoms with E-state index in [0.29, 0.717) is 25.8 Å². The minimum atomic E-state index is -0.175. The van der Waals surface area contributed by atoms with Crippen LogP contribution < -0.4 is 10.6 Å². The molecule has 0 aromatic heterocycles. The molecule has 116 valence electrons. The van der Waals surface area contributed by atoms with E-state index in [-0.39, 0.29) is 28.9 Å². The minimum Gasteiger partial charge on any atom is -0.378 e. The maximum Gasteiger partial charge on any atom is 0.220 e. The van der Waals surface area contributed by atoms with E-state index in [2.05, 4.69) is 31.4 Å². The molecule has 0 aromatic rings. The molecule has 0 radical (unpaired) electrons. The van der Waals surface area contributed by atoms with E-state index in [0.717, 1.165) is 6.42 Å². The van der Waals surface area contributed by atoms with Crippen LogP contribution >= 0.6 is 0 Å². The normalized spacial score (nSPS) is 27.6. The highest BCUT2D eigenvalue weighted by molar-refractivity contribution is 5.79. The lowest BCUT2D eigenvalue weighted by Gasteiger charge is -2.59. The lowest BCUT2D eigenvalue weighted by molar-refractivity contribution is -0.182. The molecule has 20 heavy (non-hydrogen) atoms. The Balaban J connectivity index is 2.29. The van der Waals surface area contributed by atoms with Crippen LogP contribution in [0.25, 0.3) is 0 Å². The van der Waals surface area contributed by atoms with Gasteiger partial charge in [0.25, 0.3) is 0 Å². The molecule has 0 aliphatic heterocycles. The standard InChI is InChI=1S/C15H28N2O3/c1-6-16-12(18)8-7-9-13(19)17-11-10-15(4,20-5)14(11,2)3/h11H,6-10H2,1-5H3,(H,16,18)(H,17,19). The molecule has 0 bridgehead atoms. The van der Waals surface area contributed by atoms with E-state index in [1.165, 1.54) is 0 Å². The Hall–Kier alpha value is -1.10. The second kappa shape index (κ2) is 6.57. The van der Waals surface area contributed by atoms with E-state index in [1.54, 1.807) is 7.11 Å². The fraction of sp³-hybridized carbons (Fsp3) is 0.867. The number of hydrogen-bond acceptors (Lipinski definition) is 3. The van der Waals surface area contributed by atoms with Gasteiger partial charge in [0.2, 0.25) is 11.8 Å². The zero-order chi connectivity index (χ0) is 15.4. The Bertz CT molecular complexity index is 368. The van der Waals surface area contributed by atoms with Gasteiger partial charge in [-0.25, -0.2) is 0 Å². The molecule has 2 N–H and O–H groups in total. The SMILES string of the molecule is CCNC(=O)CCCC(=O)NC1CC(C)(OC)C1(C)C. The average Bonchev–Trinajstić information content (AvgIpc) is 2.38. The zero-order valence-corrected chi connectivity index (χ0v) is 13.3. The molecule has 1 aliphatic carbocycles. The third kappa shape index (κ3) is 3.51. The van der Waals surface area contributed by atoms with Gasteiger partial charge in [-0.3, -0.25) is 9.59 Å². The smallest absolute Gasteiger partial charge is 0.220 e. The lowest BCUT2D eigenvalue weighted by atomic mass is 9.56. The first kappa shape index (κ1) is 17.0. The molecule has 2 unspecified atom stereocenters. The van der Waals surface area contributed by atoms with Gasteiger partial charge in [0, 0.05) is 38.0 Å². The maximum absolute atomic E-state index is 11.9. The van der Waals surface area contributed by atoms with Crippen LogP contribution in [0, 0.1) is 5.41 Å². The number of hydrogen-bond donors (Lipinski definition) is 2. The summed E-state index contributed by atoms with van der Waals surface area (Å²) in [6.07, 6.45) is 2.23. The number of ether oxygens (including phenoxy) is 1. The number of amides is 2. The van der Waals surface area contributed by atoms with Gasteiger partial charge in [0.1, 0.15) is 0 Å². The fourth-order valence-electron chi connectivity index (χ4n) is 2.68. The minimum absolute atomic E-state index is 0.0104. The third-order valence-electron chi connectivity index (χ3n) is 4.80. The lowest BCUT2D eigenvalue weighted by Crippen LogP contribution is -2.68. The zero-order valence-electron chi connectivity index (χ0n) is 13.3. The summed E-state index contributed by atoms with van der Waals surface area (Å²) in [5, 5.41) is 5.78. The van der Waals surface area contributed by atoms with Crippen LogP contribution in [0.4, 0.5) is 0 Å². The summed E-state index contributed by atoms with van der Waals surface area (Å²) in [5.41, 5.74) is -0.247. The monoisotopic (exact) mass is 284 g/mol. The van der Waals surface area contributed by atoms with Crippen LogP contribution in [0.15, 0.2) is 0 Å². The van der Waals surface area contributed by atoms with Gasteiger partial charge >= 0.3 is 0 Å². The summed E-state index contributed by atoms with van der Waals surface area (Å²) >= 11 is 0. The van der Waals surface area contributed by atoms with Crippen molar-refractivity contribution >= 4 is 11.8 Å². The van der Waals surface area contributed by atoms with E-state index < -0.39 is 0 Å². The molecule has 1 aliphatic rings. The van der Waals surface area contributed by atoms with Gasteiger partial charge < -0.3 is 15.4 Å². The summed E-state index contributed by atoms with van der Waals surface area (Å²) in [5.74, 6) is 0.0294. The summed E-state index contributed by atoms with van der Waals surface area (Å²) < 4.78 is 5.54. The first-order valence-corrected chi connectivity index (χ1v) is 7.38. The number of carbonyl (C=O) groups is 2. The van der Waals surface area contributed by atoms with Gasteiger partial charge in [-0.1, -0.05) is 13.8 Å². The van der Waals surface area contributed by atoms with Crippen LogP contribution in [0.2, 0.25) is 0 Å². The molecule has 5 nitrogen and oxygen atoms in total. The molecule has 0 saturated heterocycles. The molecule has 0 heterocycles. The van der Waals surface area contributed by atoms with Crippen molar-refractivity contribution in [1.29, 1.82) is 0 Å². The molecule has 5 heteroatoms. The van der Waals surface area contributed by atoms with Gasteiger partial charge in [-0.05, 0) is 26.7 Å². The Morgan fingerprint density at radius 3 is 2.30 bits per heavy atom. The molecule has 1 saturated carbocycles. The van der Waals surface area contributed by atoms with Crippen LogP contribution in [-0.4, -0.2) is 37.1 Å². The first-order chi connectivity index (χ1) is 9.26. The molecule has 2 atom stereocenters. The van der Waals surface area contributed by atoms with Crippen molar-refractivity contribution < 1.29 is 14.3 Å². The molecule has 0 spiro atoms. The van der Waals surface area contributed by atoms with E-state index in [4.69, 9.17) is 4.74 Å². The van der Waals surface area contributed by atoms with Gasteiger partial charge in [0.15, 0.2) is 0 Å². The number of carbonyl (C=O) groups excluding carboxylic acids is 2. The number of nitrogens with one attached hydrogen (secondary N) is 2. The van der Waals surface area contributed by atoms with Crippen molar-refractivity contribution in [3.63, 3.8) is 0 Å². The summed E-state index contributed by atoms with van der Waals surface area (Å²) in [6, 6.07) is 0.143. The Morgan fingerprint density at radius 2 is 1.80 bits per heavy atom. The fourth-order valence-corrected chi connectivity index (χ4v) is 2.68. The highest BCUT2D eigenvalue weighted by atomic mass is 16.5. The third-order valence-corrected chi connectivity index (χ3v) is 4.80. The van der Waals surface area contributed by atoms with Crippen molar-refractivity contribution in [2.45, 2.75) is 65.0 Å². The predicted octanol–water partition coefficient (Wildman–Crippen LogP) is 1.61. The summed E-state index contributed by atoms with van der Waals surface area (Å²) in [4.78, 5) is 23.2. The maximum atomic E-state index is 11.9. The molecule has 2 amide bonds. The number of rotatable bonds is 7. The van der Waals surface area contributed by atoms with Gasteiger partial charge in [-0.15, -0.1) is 0 Å². The molecule has 1 fully saturated rings. The summed E-state index contributed by atoms with van der Waals surface area (Å²) in [7, 11) is 1.71. The van der Waals surface area contributed by atoms with Crippen molar-refractivity contribution in [1.82, 2.24) is 10.6 Å². The largest absolute Gasteiger partial charge is 0.378 e. The molecular weight excluding hydrogens is 256 g/mol. The Morgan fingerprint density at radius 1 is 1.20 bits per heavy atom. The highest BCUT2D eigenvalue weighted by Crippen LogP contribution is 2.51. The van der Waals surface area contributed by atoms with Gasteiger partial charge in [-0.2, -0.15) is 0 Å². The van der Waals surface area contributed by atoms with Crippen LogP contribution in [0.3, 0.4) is 0 Å². The van der Waals surface area contributed by atoms with Crippen molar-refractivity contribution in [3.8, 4) is 0 Å². The second-order valence-electron chi connectivity index (χ2n) is 6.29. The Kier molecular flexibility index (Phi) is 5.57.